The minimum Gasteiger partial charge on any atom is -0.508 e. The second-order valence-electron chi connectivity index (χ2n) is 7.88. The van der Waals surface area contributed by atoms with Crippen LogP contribution in [-0.2, 0) is 23.9 Å². The van der Waals surface area contributed by atoms with Crippen LogP contribution in [0.3, 0.4) is 0 Å². The fraction of sp³-hybridized carbons (Fsp3) is 0.545. The van der Waals surface area contributed by atoms with Gasteiger partial charge in [-0.2, -0.15) is 0 Å². The quantitative estimate of drug-likeness (QED) is 0.462. The van der Waals surface area contributed by atoms with E-state index in [1.807, 2.05) is 0 Å². The van der Waals surface area contributed by atoms with Crippen molar-refractivity contribution in [1.29, 1.82) is 0 Å². The zero-order chi connectivity index (χ0) is 24.3. The van der Waals surface area contributed by atoms with Gasteiger partial charge in [-0.1, -0.05) is 12.1 Å². The number of alkyl carbamates (subject to hydrolysis) is 1. The first-order valence-corrected chi connectivity index (χ1v) is 10.5. The highest BCUT2D eigenvalue weighted by molar-refractivity contribution is 5.90. The maximum atomic E-state index is 13.0. The topological polar surface area (TPSA) is 134 Å². The van der Waals surface area contributed by atoms with Crippen LogP contribution in [0.1, 0.15) is 52.6 Å². The highest BCUT2D eigenvalue weighted by Gasteiger charge is 2.31. The molecule has 3 N–H and O–H groups in total. The molecule has 10 nitrogen and oxygen atoms in total. The van der Waals surface area contributed by atoms with E-state index in [1.165, 1.54) is 17.0 Å². The third-order valence-electron chi connectivity index (χ3n) is 4.12. The number of nitrogens with zero attached hydrogens (tertiary/aromatic N) is 1. The molecule has 0 saturated carbocycles. The molecular formula is C22H33N3O7. The van der Waals surface area contributed by atoms with Gasteiger partial charge in [0.15, 0.2) is 0 Å². The fourth-order valence-corrected chi connectivity index (χ4v) is 2.85. The number of rotatable bonds is 10. The molecule has 1 unspecified atom stereocenters. The van der Waals surface area contributed by atoms with E-state index in [0.717, 1.165) is 0 Å². The Morgan fingerprint density at radius 3 is 2.38 bits per heavy atom. The zero-order valence-corrected chi connectivity index (χ0v) is 19.3. The van der Waals surface area contributed by atoms with Crippen LogP contribution in [-0.4, -0.2) is 65.7 Å². The van der Waals surface area contributed by atoms with Crippen LogP contribution >= 0.6 is 0 Å². The van der Waals surface area contributed by atoms with Crippen molar-refractivity contribution in [3.8, 4) is 5.75 Å². The molecule has 1 atom stereocenters. The van der Waals surface area contributed by atoms with Crippen molar-refractivity contribution in [2.45, 2.75) is 52.7 Å². The van der Waals surface area contributed by atoms with Gasteiger partial charge >= 0.3 is 12.1 Å². The van der Waals surface area contributed by atoms with Gasteiger partial charge in [-0.25, -0.2) is 4.79 Å². The lowest BCUT2D eigenvalue weighted by Gasteiger charge is -2.30. The van der Waals surface area contributed by atoms with Crippen molar-refractivity contribution in [2.75, 3.05) is 26.2 Å². The zero-order valence-electron chi connectivity index (χ0n) is 19.3. The maximum absolute atomic E-state index is 13.0. The van der Waals surface area contributed by atoms with Crippen LogP contribution in [0.5, 0.6) is 5.75 Å². The Hall–Kier alpha value is -3.30. The minimum absolute atomic E-state index is 0.0212. The van der Waals surface area contributed by atoms with Gasteiger partial charge < -0.3 is 30.1 Å². The van der Waals surface area contributed by atoms with Crippen molar-refractivity contribution in [3.63, 3.8) is 0 Å². The van der Waals surface area contributed by atoms with Gasteiger partial charge in [-0.3, -0.25) is 14.4 Å². The van der Waals surface area contributed by atoms with Crippen molar-refractivity contribution in [1.82, 2.24) is 15.5 Å². The summed E-state index contributed by atoms with van der Waals surface area (Å²) in [4.78, 5) is 50.5. The molecule has 178 valence electrons. The lowest BCUT2D eigenvalue weighted by atomic mass is 10.0. The van der Waals surface area contributed by atoms with Gasteiger partial charge in [0.1, 0.15) is 23.9 Å². The van der Waals surface area contributed by atoms with Crippen LogP contribution in [0.4, 0.5) is 4.79 Å². The first kappa shape index (κ1) is 26.7. The van der Waals surface area contributed by atoms with Crippen LogP contribution in [0.2, 0.25) is 0 Å². The van der Waals surface area contributed by atoms with E-state index in [0.29, 0.717) is 5.56 Å². The van der Waals surface area contributed by atoms with E-state index in [1.54, 1.807) is 46.8 Å². The maximum Gasteiger partial charge on any atom is 0.408 e. The van der Waals surface area contributed by atoms with E-state index < -0.39 is 35.5 Å². The first-order valence-electron chi connectivity index (χ1n) is 10.5. The number of phenolic OH excluding ortho intramolecular Hbond substituents is 1. The number of amides is 3. The van der Waals surface area contributed by atoms with Gasteiger partial charge in [0, 0.05) is 13.1 Å². The number of phenols is 1. The molecule has 0 aliphatic carbocycles. The molecule has 0 aromatic heterocycles. The predicted octanol–water partition coefficient (Wildman–Crippen LogP) is 1.88. The lowest BCUT2D eigenvalue weighted by Crippen LogP contribution is -2.48. The monoisotopic (exact) mass is 451 g/mol. The van der Waals surface area contributed by atoms with Gasteiger partial charge in [0.2, 0.25) is 11.8 Å². The fourth-order valence-electron chi connectivity index (χ4n) is 2.85. The molecule has 1 aromatic rings. The summed E-state index contributed by atoms with van der Waals surface area (Å²) in [6.45, 7) is 8.50. The molecule has 0 aliphatic heterocycles. The Bertz CT molecular complexity index is 805. The number of likely N-dealkylation sites (N-methyl/N-ethyl adjacent to an activating group) is 1. The molecule has 3 amide bonds. The summed E-state index contributed by atoms with van der Waals surface area (Å²) in [5.74, 6) is -1.58. The second kappa shape index (κ2) is 12.5. The molecule has 0 aliphatic rings. The van der Waals surface area contributed by atoms with E-state index in [2.05, 4.69) is 10.6 Å². The molecule has 32 heavy (non-hydrogen) atoms. The number of esters is 1. The molecule has 0 heterocycles. The van der Waals surface area contributed by atoms with Crippen molar-refractivity contribution in [3.05, 3.63) is 29.8 Å². The first-order chi connectivity index (χ1) is 15.0. The molecule has 1 rings (SSSR count). The summed E-state index contributed by atoms with van der Waals surface area (Å²) < 4.78 is 9.97. The number of benzene rings is 1. The van der Waals surface area contributed by atoms with Gasteiger partial charge in [0.25, 0.3) is 0 Å². The average molecular weight is 452 g/mol. The third kappa shape index (κ3) is 9.23. The number of hydrogen-bond acceptors (Lipinski definition) is 7. The molecule has 0 fully saturated rings. The molecule has 0 saturated heterocycles. The average Bonchev–Trinajstić information content (AvgIpc) is 2.68. The molecule has 1 aromatic carbocycles. The molecular weight excluding hydrogens is 418 g/mol. The number of carbonyl (C=O) groups excluding carboxylic acids is 4. The number of aromatic hydroxyl groups is 1. The Morgan fingerprint density at radius 1 is 1.12 bits per heavy atom. The van der Waals surface area contributed by atoms with Crippen molar-refractivity contribution >= 4 is 23.9 Å². The van der Waals surface area contributed by atoms with E-state index in [4.69, 9.17) is 9.47 Å². The van der Waals surface area contributed by atoms with Crippen molar-refractivity contribution in [2.24, 2.45) is 0 Å². The highest BCUT2D eigenvalue weighted by Crippen LogP contribution is 2.24. The van der Waals surface area contributed by atoms with Crippen LogP contribution < -0.4 is 10.6 Å². The number of carbonyl (C=O) groups is 4. The Kier molecular flexibility index (Phi) is 10.5. The standard InChI is InChI=1S/C22H33N3O7/c1-6-25(17(27)14-24-21(30)32-22(3,4)5)19(15-9-8-10-16(26)13-15)20(29)23-12-11-18(28)31-7-2/h8-10,13,19,26H,6-7,11-12,14H2,1-5H3,(H,23,29)(H,24,30). The summed E-state index contributed by atoms with van der Waals surface area (Å²) in [5, 5.41) is 14.9. The minimum atomic E-state index is -1.08. The number of nitrogens with one attached hydrogen (secondary N) is 2. The molecule has 10 heteroatoms. The van der Waals surface area contributed by atoms with E-state index in [9.17, 15) is 24.3 Å². The van der Waals surface area contributed by atoms with Crippen LogP contribution in [0.15, 0.2) is 24.3 Å². The summed E-state index contributed by atoms with van der Waals surface area (Å²) in [5.41, 5.74) is -0.341. The molecule has 0 spiro atoms. The smallest absolute Gasteiger partial charge is 0.408 e. The molecule has 0 radical (unpaired) electrons. The van der Waals surface area contributed by atoms with Gasteiger partial charge in [-0.15, -0.1) is 0 Å². The summed E-state index contributed by atoms with van der Waals surface area (Å²) in [7, 11) is 0. The number of hydrogen-bond donors (Lipinski definition) is 3. The van der Waals surface area contributed by atoms with E-state index >= 15 is 0 Å². The summed E-state index contributed by atoms with van der Waals surface area (Å²) in [6, 6.07) is 4.91. The van der Waals surface area contributed by atoms with Crippen molar-refractivity contribution < 1.29 is 33.8 Å². The lowest BCUT2D eigenvalue weighted by molar-refractivity contribution is -0.143. The van der Waals surface area contributed by atoms with Crippen LogP contribution in [0.25, 0.3) is 0 Å². The van der Waals surface area contributed by atoms with E-state index in [-0.39, 0.29) is 38.4 Å². The Morgan fingerprint density at radius 2 is 1.81 bits per heavy atom. The highest BCUT2D eigenvalue weighted by atomic mass is 16.6. The van der Waals surface area contributed by atoms with Gasteiger partial charge in [0.05, 0.1) is 13.0 Å². The largest absolute Gasteiger partial charge is 0.508 e. The second-order valence-corrected chi connectivity index (χ2v) is 7.88. The number of ether oxygens (including phenoxy) is 2. The summed E-state index contributed by atoms with van der Waals surface area (Å²) in [6.07, 6.45) is -0.776. The Labute approximate surface area is 188 Å². The molecule has 0 bridgehead atoms. The Balaban J connectivity index is 2.97. The summed E-state index contributed by atoms with van der Waals surface area (Å²) >= 11 is 0. The third-order valence-corrected chi connectivity index (χ3v) is 4.12. The SMILES string of the molecule is CCOC(=O)CCNC(=O)C(c1cccc(O)c1)N(CC)C(=O)CNC(=O)OC(C)(C)C. The van der Waals surface area contributed by atoms with Gasteiger partial charge in [-0.05, 0) is 52.3 Å². The predicted molar refractivity (Wildman–Crippen MR) is 117 cm³/mol. The normalized spacial score (nSPS) is 11.8. The van der Waals surface area contributed by atoms with Crippen LogP contribution in [0, 0.1) is 0 Å².